The molecule has 5 nitrogen and oxygen atoms in total. The SMILES string of the molecule is COc1cc(OCc2cccc(-c3ccccc3)c2C)cc(OC)c1CN[C@@H]1CCCC[C@@H]1O. The minimum Gasteiger partial charge on any atom is -0.496 e. The molecule has 0 aliphatic heterocycles. The molecule has 4 rings (SSSR count). The molecule has 3 aromatic rings. The van der Waals surface area contributed by atoms with E-state index < -0.39 is 0 Å². The van der Waals surface area contributed by atoms with Gasteiger partial charge in [-0.1, -0.05) is 61.4 Å². The van der Waals surface area contributed by atoms with Crippen LogP contribution in [0.1, 0.15) is 42.4 Å². The van der Waals surface area contributed by atoms with Gasteiger partial charge in [0.1, 0.15) is 23.9 Å². The highest BCUT2D eigenvalue weighted by atomic mass is 16.5. The Hall–Kier alpha value is -3.02. The van der Waals surface area contributed by atoms with Crippen LogP contribution in [0.2, 0.25) is 0 Å². The van der Waals surface area contributed by atoms with Crippen molar-refractivity contribution in [3.63, 3.8) is 0 Å². The van der Waals surface area contributed by atoms with Gasteiger partial charge in [0, 0.05) is 24.7 Å². The van der Waals surface area contributed by atoms with Gasteiger partial charge in [0.05, 0.1) is 25.9 Å². The third-order valence-corrected chi connectivity index (χ3v) is 6.78. The molecule has 2 atom stereocenters. The summed E-state index contributed by atoms with van der Waals surface area (Å²) in [5, 5.41) is 13.8. The van der Waals surface area contributed by atoms with Crippen LogP contribution in [-0.2, 0) is 13.2 Å². The minimum absolute atomic E-state index is 0.0963. The number of aliphatic hydroxyl groups excluding tert-OH is 1. The number of hydrogen-bond donors (Lipinski definition) is 2. The number of methoxy groups -OCH3 is 2. The van der Waals surface area contributed by atoms with Crippen molar-refractivity contribution in [1.82, 2.24) is 5.32 Å². The van der Waals surface area contributed by atoms with E-state index in [1.807, 2.05) is 18.2 Å². The third kappa shape index (κ3) is 5.54. The topological polar surface area (TPSA) is 60.0 Å². The fourth-order valence-electron chi connectivity index (χ4n) is 4.73. The van der Waals surface area contributed by atoms with Gasteiger partial charge in [-0.15, -0.1) is 0 Å². The molecule has 180 valence electrons. The van der Waals surface area contributed by atoms with Crippen molar-refractivity contribution in [2.24, 2.45) is 0 Å². The van der Waals surface area contributed by atoms with E-state index in [0.717, 1.165) is 36.8 Å². The van der Waals surface area contributed by atoms with Crippen molar-refractivity contribution in [1.29, 1.82) is 0 Å². The molecule has 5 heteroatoms. The zero-order chi connectivity index (χ0) is 23.9. The van der Waals surface area contributed by atoms with E-state index in [0.29, 0.717) is 30.4 Å². The predicted octanol–water partition coefficient (Wildman–Crippen LogP) is 5.65. The number of benzene rings is 3. The molecule has 1 saturated carbocycles. The molecule has 1 aliphatic rings. The standard InChI is InChI=1S/C29H35NO4/c1-20-22(12-9-13-24(20)21-10-5-4-6-11-21)19-34-23-16-28(32-2)25(29(17-23)33-3)18-30-26-14-7-8-15-27(26)31/h4-6,9-13,16-17,26-27,30-31H,7-8,14-15,18-19H2,1-3H3/t26-,27+/m1/s1. The van der Waals surface area contributed by atoms with Crippen molar-refractivity contribution in [3.05, 3.63) is 77.4 Å². The number of nitrogens with one attached hydrogen (secondary N) is 1. The molecular weight excluding hydrogens is 426 g/mol. The number of hydrogen-bond acceptors (Lipinski definition) is 5. The molecule has 0 aromatic heterocycles. The maximum Gasteiger partial charge on any atom is 0.130 e. The van der Waals surface area contributed by atoms with Crippen molar-refractivity contribution < 1.29 is 19.3 Å². The maximum atomic E-state index is 10.3. The predicted molar refractivity (Wildman–Crippen MR) is 136 cm³/mol. The molecule has 0 spiro atoms. The largest absolute Gasteiger partial charge is 0.496 e. The first-order chi connectivity index (χ1) is 16.6. The smallest absolute Gasteiger partial charge is 0.130 e. The van der Waals surface area contributed by atoms with Crippen LogP contribution in [0.5, 0.6) is 17.2 Å². The zero-order valence-corrected chi connectivity index (χ0v) is 20.3. The molecule has 1 fully saturated rings. The van der Waals surface area contributed by atoms with E-state index in [1.54, 1.807) is 14.2 Å². The van der Waals surface area contributed by atoms with Crippen LogP contribution >= 0.6 is 0 Å². The summed E-state index contributed by atoms with van der Waals surface area (Å²) in [7, 11) is 3.32. The van der Waals surface area contributed by atoms with Crippen molar-refractivity contribution in [2.45, 2.75) is 57.9 Å². The van der Waals surface area contributed by atoms with E-state index >= 15 is 0 Å². The fourth-order valence-corrected chi connectivity index (χ4v) is 4.73. The molecule has 2 N–H and O–H groups in total. The number of rotatable bonds is 9. The van der Waals surface area contributed by atoms with E-state index in [4.69, 9.17) is 14.2 Å². The number of aliphatic hydroxyl groups is 1. The van der Waals surface area contributed by atoms with Crippen LogP contribution in [0, 0.1) is 6.92 Å². The molecule has 0 heterocycles. The summed E-state index contributed by atoms with van der Waals surface area (Å²) >= 11 is 0. The Balaban J connectivity index is 1.50. The average molecular weight is 462 g/mol. The van der Waals surface area contributed by atoms with Gasteiger partial charge in [-0.05, 0) is 42.0 Å². The second-order valence-corrected chi connectivity index (χ2v) is 8.89. The van der Waals surface area contributed by atoms with Gasteiger partial charge in [0.2, 0.25) is 0 Å². The Kier molecular flexibility index (Phi) is 8.09. The molecule has 0 amide bonds. The molecule has 1 aliphatic carbocycles. The van der Waals surface area contributed by atoms with Gasteiger partial charge < -0.3 is 24.6 Å². The van der Waals surface area contributed by atoms with Crippen LogP contribution in [-0.4, -0.2) is 31.5 Å². The van der Waals surface area contributed by atoms with Gasteiger partial charge in [-0.2, -0.15) is 0 Å². The lowest BCUT2D eigenvalue weighted by Crippen LogP contribution is -2.41. The highest BCUT2D eigenvalue weighted by Gasteiger charge is 2.23. The van der Waals surface area contributed by atoms with Crippen LogP contribution in [0.25, 0.3) is 11.1 Å². The van der Waals surface area contributed by atoms with Gasteiger partial charge >= 0.3 is 0 Å². The Morgan fingerprint density at radius 3 is 2.29 bits per heavy atom. The van der Waals surface area contributed by atoms with Crippen molar-refractivity contribution in [2.75, 3.05) is 14.2 Å². The van der Waals surface area contributed by atoms with Gasteiger partial charge in [-0.25, -0.2) is 0 Å². The lowest BCUT2D eigenvalue weighted by molar-refractivity contribution is 0.0900. The van der Waals surface area contributed by atoms with E-state index in [-0.39, 0.29) is 12.1 Å². The molecular formula is C29H35NO4. The van der Waals surface area contributed by atoms with Crippen LogP contribution in [0.4, 0.5) is 0 Å². The second kappa shape index (κ2) is 11.4. The van der Waals surface area contributed by atoms with Gasteiger partial charge in [-0.3, -0.25) is 0 Å². The van der Waals surface area contributed by atoms with Crippen LogP contribution < -0.4 is 19.5 Å². The van der Waals surface area contributed by atoms with Crippen molar-refractivity contribution in [3.8, 4) is 28.4 Å². The zero-order valence-electron chi connectivity index (χ0n) is 20.3. The normalized spacial score (nSPS) is 17.9. The third-order valence-electron chi connectivity index (χ3n) is 6.78. The van der Waals surface area contributed by atoms with E-state index in [1.165, 1.54) is 16.7 Å². The molecule has 34 heavy (non-hydrogen) atoms. The minimum atomic E-state index is -0.303. The second-order valence-electron chi connectivity index (χ2n) is 8.89. The summed E-state index contributed by atoms with van der Waals surface area (Å²) in [5.74, 6) is 2.11. The first kappa shape index (κ1) is 24.1. The summed E-state index contributed by atoms with van der Waals surface area (Å²) in [5.41, 5.74) is 5.68. The maximum absolute atomic E-state index is 10.3. The Labute approximate surface area is 202 Å². The summed E-state index contributed by atoms with van der Waals surface area (Å²) in [6.45, 7) is 3.15. The monoisotopic (exact) mass is 461 g/mol. The Morgan fingerprint density at radius 2 is 1.62 bits per heavy atom. The summed E-state index contributed by atoms with van der Waals surface area (Å²) in [4.78, 5) is 0. The lowest BCUT2D eigenvalue weighted by atomic mass is 9.92. The van der Waals surface area contributed by atoms with Crippen molar-refractivity contribution >= 4 is 0 Å². The molecule has 0 radical (unpaired) electrons. The van der Waals surface area contributed by atoms with Gasteiger partial charge in [0.25, 0.3) is 0 Å². The van der Waals surface area contributed by atoms with E-state index in [2.05, 4.69) is 54.7 Å². The average Bonchev–Trinajstić information content (AvgIpc) is 2.88. The molecule has 0 bridgehead atoms. The first-order valence-electron chi connectivity index (χ1n) is 12.0. The lowest BCUT2D eigenvalue weighted by Gasteiger charge is -2.29. The summed E-state index contributed by atoms with van der Waals surface area (Å²) in [6, 6.07) is 20.6. The molecule has 0 unspecified atom stereocenters. The quantitative estimate of drug-likeness (QED) is 0.431. The highest BCUT2D eigenvalue weighted by molar-refractivity contribution is 5.68. The molecule has 3 aromatic carbocycles. The van der Waals surface area contributed by atoms with Crippen LogP contribution in [0.15, 0.2) is 60.7 Å². The highest BCUT2D eigenvalue weighted by Crippen LogP contribution is 2.35. The first-order valence-corrected chi connectivity index (χ1v) is 12.0. The Morgan fingerprint density at radius 1 is 0.912 bits per heavy atom. The Bertz CT molecular complexity index is 1060. The van der Waals surface area contributed by atoms with E-state index in [9.17, 15) is 5.11 Å². The van der Waals surface area contributed by atoms with Crippen LogP contribution in [0.3, 0.4) is 0 Å². The summed E-state index contributed by atoms with van der Waals surface area (Å²) < 4.78 is 17.6. The fraction of sp³-hybridized carbons (Fsp3) is 0.379. The number of ether oxygens (including phenoxy) is 3. The summed E-state index contributed by atoms with van der Waals surface area (Å²) in [6.07, 6.45) is 3.76. The van der Waals surface area contributed by atoms with Gasteiger partial charge in [0.15, 0.2) is 0 Å². The molecule has 0 saturated heterocycles.